The van der Waals surface area contributed by atoms with Crippen LogP contribution in [0.3, 0.4) is 0 Å². The van der Waals surface area contributed by atoms with Crippen LogP contribution < -0.4 is 14.8 Å². The number of carbonyl (C=O) groups excluding carboxylic acids is 1. The third-order valence-electron chi connectivity index (χ3n) is 3.91. The summed E-state index contributed by atoms with van der Waals surface area (Å²) in [6, 6.07) is 4.27. The molecule has 4 nitrogen and oxygen atoms in total. The number of nitrogens with one attached hydrogen (secondary N) is 1. The van der Waals surface area contributed by atoms with Crippen molar-refractivity contribution in [3.8, 4) is 11.5 Å². The predicted octanol–water partition coefficient (Wildman–Crippen LogP) is 1.95. The monoisotopic (exact) mass is 261 g/mol. The first-order chi connectivity index (χ1) is 9.22. The van der Waals surface area contributed by atoms with Crippen LogP contribution in [0.2, 0.25) is 0 Å². The van der Waals surface area contributed by atoms with Gasteiger partial charge in [-0.2, -0.15) is 0 Å². The van der Waals surface area contributed by atoms with E-state index in [0.29, 0.717) is 17.5 Å². The smallest absolute Gasteiger partial charge is 0.180 e. The maximum Gasteiger partial charge on any atom is 0.180 e. The average Bonchev–Trinajstić information content (AvgIpc) is 3.24. The number of hydrogen-bond acceptors (Lipinski definition) is 4. The second-order valence-electron chi connectivity index (χ2n) is 5.26. The Morgan fingerprint density at radius 3 is 2.42 bits per heavy atom. The highest BCUT2D eigenvalue weighted by molar-refractivity contribution is 6.03. The Labute approximate surface area is 113 Å². The number of fused-ring (bicyclic) bond motifs is 1. The Balaban J connectivity index is 1.91. The lowest BCUT2D eigenvalue weighted by molar-refractivity contribution is 0.0926. The molecule has 1 unspecified atom stereocenters. The van der Waals surface area contributed by atoms with Gasteiger partial charge in [-0.1, -0.05) is 0 Å². The lowest BCUT2D eigenvalue weighted by atomic mass is 9.86. The highest BCUT2D eigenvalue weighted by Crippen LogP contribution is 2.34. The van der Waals surface area contributed by atoms with Crippen molar-refractivity contribution in [1.82, 2.24) is 5.32 Å². The van der Waals surface area contributed by atoms with Crippen LogP contribution in [-0.2, 0) is 6.42 Å². The van der Waals surface area contributed by atoms with Gasteiger partial charge in [0.25, 0.3) is 0 Å². The topological polar surface area (TPSA) is 47.6 Å². The van der Waals surface area contributed by atoms with E-state index in [-0.39, 0.29) is 11.8 Å². The Morgan fingerprint density at radius 1 is 1.11 bits per heavy atom. The fraction of sp³-hybridized carbons (Fsp3) is 0.533. The molecule has 0 heterocycles. The quantitative estimate of drug-likeness (QED) is 0.900. The standard InChI is InChI=1S/C15H19NO3/c1-18-13-7-9-3-6-12(16-10-4-5-10)15(17)11(9)8-14(13)19-2/h7-8,10,12,16H,3-6H2,1-2H3. The summed E-state index contributed by atoms with van der Waals surface area (Å²) in [5, 5.41) is 3.43. The summed E-state index contributed by atoms with van der Waals surface area (Å²) in [5.74, 6) is 1.51. The molecule has 4 heteroatoms. The van der Waals surface area contributed by atoms with E-state index in [1.54, 1.807) is 14.2 Å². The van der Waals surface area contributed by atoms with Crippen LogP contribution in [0, 0.1) is 0 Å². The predicted molar refractivity (Wildman–Crippen MR) is 72.1 cm³/mol. The van der Waals surface area contributed by atoms with Crippen LogP contribution in [0.15, 0.2) is 12.1 Å². The molecule has 0 saturated heterocycles. The number of ether oxygens (including phenoxy) is 2. The molecule has 0 bridgehead atoms. The van der Waals surface area contributed by atoms with Crippen LogP contribution >= 0.6 is 0 Å². The van der Waals surface area contributed by atoms with Crippen molar-refractivity contribution >= 4 is 5.78 Å². The number of hydrogen-bond donors (Lipinski definition) is 1. The third-order valence-corrected chi connectivity index (χ3v) is 3.91. The normalized spacial score (nSPS) is 22.0. The van der Waals surface area contributed by atoms with E-state index in [9.17, 15) is 4.79 Å². The second kappa shape index (κ2) is 4.85. The van der Waals surface area contributed by atoms with Gasteiger partial charge in [0.1, 0.15) is 0 Å². The molecule has 0 radical (unpaired) electrons. The Kier molecular flexibility index (Phi) is 3.19. The maximum absolute atomic E-state index is 12.5. The van der Waals surface area contributed by atoms with Crippen LogP contribution in [-0.4, -0.2) is 32.1 Å². The Hall–Kier alpha value is -1.55. The van der Waals surface area contributed by atoms with Crippen molar-refractivity contribution in [2.24, 2.45) is 0 Å². The molecule has 1 atom stereocenters. The zero-order chi connectivity index (χ0) is 13.4. The minimum Gasteiger partial charge on any atom is -0.493 e. The average molecular weight is 261 g/mol. The molecule has 1 saturated carbocycles. The van der Waals surface area contributed by atoms with Gasteiger partial charge in [0.05, 0.1) is 20.3 Å². The van der Waals surface area contributed by atoms with E-state index in [2.05, 4.69) is 5.32 Å². The number of rotatable bonds is 4. The summed E-state index contributed by atoms with van der Waals surface area (Å²) in [6.07, 6.45) is 4.18. The minimum absolute atomic E-state index is 0.0295. The van der Waals surface area contributed by atoms with Crippen molar-refractivity contribution in [1.29, 1.82) is 0 Å². The number of aryl methyl sites for hydroxylation is 1. The molecule has 0 amide bonds. The summed E-state index contributed by atoms with van der Waals surface area (Å²) >= 11 is 0. The molecule has 102 valence electrons. The molecule has 2 aliphatic rings. The zero-order valence-electron chi connectivity index (χ0n) is 11.4. The number of ketones is 1. The fourth-order valence-corrected chi connectivity index (χ4v) is 2.67. The minimum atomic E-state index is -0.0295. The lowest BCUT2D eigenvalue weighted by Crippen LogP contribution is -2.41. The van der Waals surface area contributed by atoms with Gasteiger partial charge in [-0.05, 0) is 43.4 Å². The van der Waals surface area contributed by atoms with Gasteiger partial charge in [-0.25, -0.2) is 0 Å². The number of Topliss-reactive ketones (excluding diaryl/α,β-unsaturated/α-hetero) is 1. The highest BCUT2D eigenvalue weighted by Gasteiger charge is 2.33. The van der Waals surface area contributed by atoms with E-state index >= 15 is 0 Å². The first-order valence-corrected chi connectivity index (χ1v) is 6.78. The van der Waals surface area contributed by atoms with E-state index in [1.807, 2.05) is 12.1 Å². The largest absolute Gasteiger partial charge is 0.493 e. The van der Waals surface area contributed by atoms with Crippen molar-refractivity contribution in [2.45, 2.75) is 37.8 Å². The third kappa shape index (κ3) is 2.32. The summed E-state index contributed by atoms with van der Waals surface area (Å²) in [6.45, 7) is 0. The summed E-state index contributed by atoms with van der Waals surface area (Å²) < 4.78 is 10.6. The van der Waals surface area contributed by atoms with Gasteiger partial charge in [0, 0.05) is 11.6 Å². The molecule has 2 aliphatic carbocycles. The van der Waals surface area contributed by atoms with Crippen LogP contribution in [0.1, 0.15) is 35.2 Å². The molecule has 1 N–H and O–H groups in total. The first-order valence-electron chi connectivity index (χ1n) is 6.78. The van der Waals surface area contributed by atoms with Gasteiger partial charge in [-0.15, -0.1) is 0 Å². The van der Waals surface area contributed by atoms with Gasteiger partial charge >= 0.3 is 0 Å². The van der Waals surface area contributed by atoms with E-state index in [0.717, 1.165) is 24.0 Å². The van der Waals surface area contributed by atoms with Gasteiger partial charge in [0.15, 0.2) is 17.3 Å². The maximum atomic E-state index is 12.5. The van der Waals surface area contributed by atoms with Crippen molar-refractivity contribution in [3.63, 3.8) is 0 Å². The van der Waals surface area contributed by atoms with Crippen molar-refractivity contribution in [3.05, 3.63) is 23.3 Å². The molecule has 0 aliphatic heterocycles. The summed E-state index contributed by atoms with van der Waals surface area (Å²) in [7, 11) is 3.21. The molecule has 3 rings (SSSR count). The zero-order valence-corrected chi connectivity index (χ0v) is 11.4. The van der Waals surface area contributed by atoms with Crippen LogP contribution in [0.25, 0.3) is 0 Å². The Bertz CT molecular complexity index is 508. The van der Waals surface area contributed by atoms with Gasteiger partial charge in [0.2, 0.25) is 0 Å². The second-order valence-corrected chi connectivity index (χ2v) is 5.26. The SMILES string of the molecule is COc1cc2c(cc1OC)C(=O)C(NC1CC1)CC2. The lowest BCUT2D eigenvalue weighted by Gasteiger charge is -2.25. The van der Waals surface area contributed by atoms with Gasteiger partial charge < -0.3 is 14.8 Å². The van der Waals surface area contributed by atoms with Crippen LogP contribution in [0.5, 0.6) is 11.5 Å². The highest BCUT2D eigenvalue weighted by atomic mass is 16.5. The van der Waals surface area contributed by atoms with Crippen LogP contribution in [0.4, 0.5) is 0 Å². The number of carbonyl (C=O) groups is 1. The first kappa shape index (κ1) is 12.5. The molecule has 19 heavy (non-hydrogen) atoms. The summed E-state index contributed by atoms with van der Waals surface area (Å²) in [4.78, 5) is 12.5. The number of benzene rings is 1. The molecular formula is C15H19NO3. The van der Waals surface area contributed by atoms with E-state index in [4.69, 9.17) is 9.47 Å². The van der Waals surface area contributed by atoms with Crippen molar-refractivity contribution in [2.75, 3.05) is 14.2 Å². The molecule has 1 aromatic rings. The molecule has 0 spiro atoms. The fourth-order valence-electron chi connectivity index (χ4n) is 2.67. The molecule has 1 aromatic carbocycles. The Morgan fingerprint density at radius 2 is 1.79 bits per heavy atom. The van der Waals surface area contributed by atoms with E-state index < -0.39 is 0 Å². The number of methoxy groups -OCH3 is 2. The van der Waals surface area contributed by atoms with E-state index in [1.165, 1.54) is 12.8 Å². The van der Waals surface area contributed by atoms with Crippen molar-refractivity contribution < 1.29 is 14.3 Å². The molecule has 1 fully saturated rings. The summed E-state index contributed by atoms with van der Waals surface area (Å²) in [5.41, 5.74) is 1.85. The van der Waals surface area contributed by atoms with Gasteiger partial charge in [-0.3, -0.25) is 4.79 Å². The molecular weight excluding hydrogens is 242 g/mol. The molecule has 0 aromatic heterocycles.